The molecule has 0 atom stereocenters. The van der Waals surface area contributed by atoms with Crippen molar-refractivity contribution in [3.63, 3.8) is 0 Å². The summed E-state index contributed by atoms with van der Waals surface area (Å²) in [6.07, 6.45) is 1.81. The highest BCUT2D eigenvalue weighted by molar-refractivity contribution is 5.91. The van der Waals surface area contributed by atoms with Crippen molar-refractivity contribution in [2.45, 2.75) is 13.8 Å². The number of carbonyl (C=O) groups is 1. The molecule has 2 rings (SSSR count). The second kappa shape index (κ2) is 6.91. The number of hydrogen-bond acceptors (Lipinski definition) is 5. The number of morpholine rings is 2. The van der Waals surface area contributed by atoms with Crippen LogP contribution in [-0.2, 0) is 14.3 Å². The first-order chi connectivity index (χ1) is 9.18. The van der Waals surface area contributed by atoms with Crippen LogP contribution in [0.2, 0.25) is 0 Å². The first-order valence-corrected chi connectivity index (χ1v) is 7.09. The maximum atomic E-state index is 12.0. The molecule has 0 aromatic heterocycles. The number of ketones is 1. The second-order valence-electron chi connectivity index (χ2n) is 5.26. The van der Waals surface area contributed by atoms with Crippen LogP contribution in [0.4, 0.5) is 0 Å². The van der Waals surface area contributed by atoms with Gasteiger partial charge in [0.1, 0.15) is 5.82 Å². The summed E-state index contributed by atoms with van der Waals surface area (Å²) in [5.41, 5.74) is 0. The Morgan fingerprint density at radius 1 is 0.947 bits per heavy atom. The molecule has 0 bridgehead atoms. The van der Waals surface area contributed by atoms with Crippen molar-refractivity contribution in [1.82, 2.24) is 9.80 Å². The minimum absolute atomic E-state index is 0.0390. The number of nitrogens with zero attached hydrogens (tertiary/aromatic N) is 2. The van der Waals surface area contributed by atoms with Crippen LogP contribution in [0.3, 0.4) is 0 Å². The summed E-state index contributed by atoms with van der Waals surface area (Å²) in [5, 5.41) is 0. The van der Waals surface area contributed by atoms with Crippen molar-refractivity contribution in [2.24, 2.45) is 5.92 Å². The van der Waals surface area contributed by atoms with Crippen LogP contribution in [0.5, 0.6) is 0 Å². The summed E-state index contributed by atoms with van der Waals surface area (Å²) in [5.74, 6) is 1.27. The molecule has 0 saturated carbocycles. The standard InChI is InChI=1S/C14H24N2O3/c1-12(2)13(17)11-14(15-3-7-18-8-4-15)16-5-9-19-10-6-16/h11-12H,3-10H2,1-2H3. The average Bonchev–Trinajstić information content (AvgIpc) is 2.46. The van der Waals surface area contributed by atoms with Gasteiger partial charge >= 0.3 is 0 Å². The Balaban J connectivity index is 2.13. The first kappa shape index (κ1) is 14.3. The molecule has 0 spiro atoms. The van der Waals surface area contributed by atoms with E-state index in [2.05, 4.69) is 9.80 Å². The smallest absolute Gasteiger partial charge is 0.161 e. The molecular weight excluding hydrogens is 244 g/mol. The molecule has 5 nitrogen and oxygen atoms in total. The van der Waals surface area contributed by atoms with Gasteiger partial charge in [-0.2, -0.15) is 0 Å². The van der Waals surface area contributed by atoms with E-state index in [-0.39, 0.29) is 11.7 Å². The molecule has 0 N–H and O–H groups in total. The van der Waals surface area contributed by atoms with Crippen molar-refractivity contribution in [1.29, 1.82) is 0 Å². The topological polar surface area (TPSA) is 42.0 Å². The lowest BCUT2D eigenvalue weighted by molar-refractivity contribution is -0.117. The zero-order valence-electron chi connectivity index (χ0n) is 11.9. The van der Waals surface area contributed by atoms with Gasteiger partial charge in [0.25, 0.3) is 0 Å². The van der Waals surface area contributed by atoms with Crippen LogP contribution in [0.25, 0.3) is 0 Å². The van der Waals surface area contributed by atoms with Gasteiger partial charge < -0.3 is 19.3 Å². The van der Waals surface area contributed by atoms with Crippen LogP contribution in [-0.4, -0.2) is 68.2 Å². The average molecular weight is 268 g/mol. The first-order valence-electron chi connectivity index (χ1n) is 7.09. The highest BCUT2D eigenvalue weighted by atomic mass is 16.5. The van der Waals surface area contributed by atoms with Gasteiger partial charge in [0.2, 0.25) is 0 Å². The van der Waals surface area contributed by atoms with Crippen molar-refractivity contribution in [2.75, 3.05) is 52.6 Å². The molecule has 19 heavy (non-hydrogen) atoms. The van der Waals surface area contributed by atoms with Gasteiger partial charge in [-0.15, -0.1) is 0 Å². The van der Waals surface area contributed by atoms with E-state index in [0.717, 1.165) is 58.4 Å². The number of hydrogen-bond donors (Lipinski definition) is 0. The molecule has 108 valence electrons. The minimum atomic E-state index is 0.0390. The van der Waals surface area contributed by atoms with Gasteiger partial charge in [-0.25, -0.2) is 0 Å². The van der Waals surface area contributed by atoms with Crippen molar-refractivity contribution < 1.29 is 14.3 Å². The summed E-state index contributed by atoms with van der Waals surface area (Å²) < 4.78 is 10.8. The quantitative estimate of drug-likeness (QED) is 0.703. The Kier molecular flexibility index (Phi) is 5.22. The Bertz CT molecular complexity index is 310. The van der Waals surface area contributed by atoms with Crippen LogP contribution in [0.15, 0.2) is 11.9 Å². The third-order valence-electron chi connectivity index (χ3n) is 3.51. The molecule has 0 amide bonds. The molecule has 2 aliphatic heterocycles. The number of allylic oxidation sites excluding steroid dienone is 1. The Morgan fingerprint density at radius 2 is 1.37 bits per heavy atom. The number of rotatable bonds is 4. The Hall–Kier alpha value is -1.07. The summed E-state index contributed by atoms with van der Waals surface area (Å²) in [7, 11) is 0. The molecular formula is C14H24N2O3. The summed E-state index contributed by atoms with van der Waals surface area (Å²) >= 11 is 0. The molecule has 0 aromatic carbocycles. The van der Waals surface area contributed by atoms with E-state index in [0.29, 0.717) is 0 Å². The molecule has 2 heterocycles. The van der Waals surface area contributed by atoms with E-state index in [9.17, 15) is 4.79 Å². The third-order valence-corrected chi connectivity index (χ3v) is 3.51. The number of ether oxygens (including phenoxy) is 2. The molecule has 5 heteroatoms. The monoisotopic (exact) mass is 268 g/mol. The summed E-state index contributed by atoms with van der Waals surface area (Å²) in [6, 6.07) is 0. The van der Waals surface area contributed by atoms with E-state index in [1.165, 1.54) is 0 Å². The lowest BCUT2D eigenvalue weighted by Gasteiger charge is -2.39. The van der Waals surface area contributed by atoms with Gasteiger partial charge in [-0.3, -0.25) is 4.79 Å². The largest absolute Gasteiger partial charge is 0.378 e. The van der Waals surface area contributed by atoms with E-state index in [1.54, 1.807) is 6.08 Å². The maximum Gasteiger partial charge on any atom is 0.161 e. The molecule has 0 radical (unpaired) electrons. The van der Waals surface area contributed by atoms with Crippen LogP contribution >= 0.6 is 0 Å². The molecule has 2 aliphatic rings. The molecule has 2 fully saturated rings. The van der Waals surface area contributed by atoms with E-state index >= 15 is 0 Å². The Labute approximate surface area is 115 Å². The lowest BCUT2D eigenvalue weighted by atomic mass is 10.1. The van der Waals surface area contributed by atoms with E-state index in [4.69, 9.17) is 9.47 Å². The van der Waals surface area contributed by atoms with Gasteiger partial charge in [0, 0.05) is 38.2 Å². The fraction of sp³-hybridized carbons (Fsp3) is 0.786. The van der Waals surface area contributed by atoms with Crippen molar-refractivity contribution in [3.8, 4) is 0 Å². The van der Waals surface area contributed by atoms with Crippen LogP contribution < -0.4 is 0 Å². The number of carbonyl (C=O) groups excluding carboxylic acids is 1. The predicted octanol–water partition coefficient (Wildman–Crippen LogP) is 0.717. The van der Waals surface area contributed by atoms with Gasteiger partial charge in [-0.1, -0.05) is 13.8 Å². The highest BCUT2D eigenvalue weighted by Gasteiger charge is 2.22. The fourth-order valence-corrected chi connectivity index (χ4v) is 2.26. The molecule has 0 aromatic rings. The Morgan fingerprint density at radius 3 is 1.74 bits per heavy atom. The fourth-order valence-electron chi connectivity index (χ4n) is 2.26. The predicted molar refractivity (Wildman–Crippen MR) is 72.7 cm³/mol. The van der Waals surface area contributed by atoms with Gasteiger partial charge in [0.05, 0.1) is 26.4 Å². The van der Waals surface area contributed by atoms with Crippen LogP contribution in [0.1, 0.15) is 13.8 Å². The van der Waals surface area contributed by atoms with Crippen molar-refractivity contribution in [3.05, 3.63) is 11.9 Å². The summed E-state index contributed by atoms with van der Waals surface area (Å²) in [6.45, 7) is 10.2. The third kappa shape index (κ3) is 3.94. The SMILES string of the molecule is CC(C)C(=O)C=C(N1CCOCC1)N1CCOCC1. The maximum absolute atomic E-state index is 12.0. The highest BCUT2D eigenvalue weighted by Crippen LogP contribution is 2.16. The molecule has 0 aliphatic carbocycles. The van der Waals surface area contributed by atoms with E-state index in [1.807, 2.05) is 13.8 Å². The van der Waals surface area contributed by atoms with E-state index < -0.39 is 0 Å². The zero-order valence-corrected chi connectivity index (χ0v) is 11.9. The van der Waals surface area contributed by atoms with Gasteiger partial charge in [0.15, 0.2) is 5.78 Å². The summed E-state index contributed by atoms with van der Waals surface area (Å²) in [4.78, 5) is 16.6. The normalized spacial score (nSPS) is 20.6. The molecule has 2 saturated heterocycles. The van der Waals surface area contributed by atoms with Crippen molar-refractivity contribution >= 4 is 5.78 Å². The van der Waals surface area contributed by atoms with Gasteiger partial charge in [-0.05, 0) is 0 Å². The second-order valence-corrected chi connectivity index (χ2v) is 5.26. The van der Waals surface area contributed by atoms with Crippen LogP contribution in [0, 0.1) is 5.92 Å². The zero-order chi connectivity index (χ0) is 13.7. The minimum Gasteiger partial charge on any atom is -0.378 e. The molecule has 0 unspecified atom stereocenters. The lowest BCUT2D eigenvalue weighted by Crippen LogP contribution is -2.46.